The first kappa shape index (κ1) is 13.1. The molecule has 0 saturated carbocycles. The van der Waals surface area contributed by atoms with Crippen molar-refractivity contribution < 1.29 is 9.84 Å². The molecule has 1 N–H and O–H groups in total. The van der Waals surface area contributed by atoms with Crippen LogP contribution in [0.1, 0.15) is 24.2 Å². The number of benzene rings is 1. The first-order chi connectivity index (χ1) is 8.65. The molecule has 0 unspecified atom stereocenters. The van der Waals surface area contributed by atoms with E-state index in [1.54, 1.807) is 19.3 Å². The van der Waals surface area contributed by atoms with Crippen molar-refractivity contribution in [1.82, 2.24) is 4.98 Å². The zero-order valence-electron chi connectivity index (χ0n) is 10.0. The lowest BCUT2D eigenvalue weighted by Crippen LogP contribution is -1.97. The summed E-state index contributed by atoms with van der Waals surface area (Å²) < 4.78 is 6.58. The first-order valence-electron chi connectivity index (χ1n) is 5.65. The molecule has 4 heteroatoms. The van der Waals surface area contributed by atoms with Crippen molar-refractivity contribution in [3.63, 3.8) is 0 Å². The normalized spacial score (nSPS) is 12.2. The van der Waals surface area contributed by atoms with Crippen LogP contribution in [0.3, 0.4) is 0 Å². The van der Waals surface area contributed by atoms with Gasteiger partial charge in [0.1, 0.15) is 12.4 Å². The monoisotopic (exact) mass is 307 g/mol. The summed E-state index contributed by atoms with van der Waals surface area (Å²) in [6.07, 6.45) is 3.06. The van der Waals surface area contributed by atoms with Crippen LogP contribution >= 0.6 is 15.9 Å². The van der Waals surface area contributed by atoms with Crippen LogP contribution in [0.5, 0.6) is 5.75 Å². The third-order valence-corrected chi connectivity index (χ3v) is 2.96. The maximum Gasteiger partial charge on any atom is 0.119 e. The standard InChI is InChI=1S/C14H14BrNO2/c1-10(17)12-2-4-14(5-3-12)18-9-11-6-13(15)8-16-7-11/h2-8,10,17H,9H2,1H3/t10-/m0/s1. The van der Waals surface area contributed by atoms with E-state index in [4.69, 9.17) is 4.74 Å². The third kappa shape index (κ3) is 3.55. The second-order valence-corrected chi connectivity index (χ2v) is 4.96. The molecule has 0 fully saturated rings. The summed E-state index contributed by atoms with van der Waals surface area (Å²) in [6, 6.07) is 9.40. The molecule has 1 heterocycles. The van der Waals surface area contributed by atoms with E-state index < -0.39 is 6.10 Å². The minimum Gasteiger partial charge on any atom is -0.489 e. The molecule has 0 spiro atoms. The molecular formula is C14H14BrNO2. The summed E-state index contributed by atoms with van der Waals surface area (Å²) in [5.74, 6) is 0.777. The molecule has 1 aromatic carbocycles. The van der Waals surface area contributed by atoms with Gasteiger partial charge < -0.3 is 9.84 Å². The Morgan fingerprint density at radius 2 is 2.00 bits per heavy atom. The van der Waals surface area contributed by atoms with Gasteiger partial charge in [-0.15, -0.1) is 0 Å². The van der Waals surface area contributed by atoms with Gasteiger partial charge in [0, 0.05) is 22.4 Å². The van der Waals surface area contributed by atoms with Gasteiger partial charge in [0.05, 0.1) is 6.10 Å². The molecule has 0 amide bonds. The van der Waals surface area contributed by atoms with Crippen LogP contribution in [-0.4, -0.2) is 10.1 Å². The van der Waals surface area contributed by atoms with Crippen molar-refractivity contribution in [2.45, 2.75) is 19.6 Å². The molecule has 2 rings (SSSR count). The van der Waals surface area contributed by atoms with E-state index in [9.17, 15) is 5.11 Å². The average Bonchev–Trinajstić information content (AvgIpc) is 2.37. The lowest BCUT2D eigenvalue weighted by atomic mass is 10.1. The minimum absolute atomic E-state index is 0.451. The number of halogens is 1. The van der Waals surface area contributed by atoms with Gasteiger partial charge in [-0.3, -0.25) is 4.98 Å². The topological polar surface area (TPSA) is 42.4 Å². The Kier molecular flexibility index (Phi) is 4.33. The Balaban J connectivity index is 1.98. The predicted octanol–water partition coefficient (Wildman–Crippen LogP) is 3.48. The van der Waals surface area contributed by atoms with Crippen molar-refractivity contribution in [3.8, 4) is 5.75 Å². The Morgan fingerprint density at radius 1 is 1.28 bits per heavy atom. The molecule has 0 aliphatic rings. The van der Waals surface area contributed by atoms with Crippen molar-refractivity contribution in [1.29, 1.82) is 0 Å². The number of hydrogen-bond donors (Lipinski definition) is 1. The number of ether oxygens (including phenoxy) is 1. The second kappa shape index (κ2) is 5.98. The number of pyridine rings is 1. The molecule has 1 atom stereocenters. The lowest BCUT2D eigenvalue weighted by molar-refractivity contribution is 0.199. The van der Waals surface area contributed by atoms with E-state index >= 15 is 0 Å². The van der Waals surface area contributed by atoms with Crippen molar-refractivity contribution in [2.24, 2.45) is 0 Å². The maximum absolute atomic E-state index is 9.40. The molecule has 94 valence electrons. The zero-order valence-corrected chi connectivity index (χ0v) is 11.6. The van der Waals surface area contributed by atoms with E-state index in [1.807, 2.05) is 30.3 Å². The highest BCUT2D eigenvalue weighted by Gasteiger charge is 2.01. The van der Waals surface area contributed by atoms with Gasteiger partial charge >= 0.3 is 0 Å². The fraction of sp³-hybridized carbons (Fsp3) is 0.214. The van der Waals surface area contributed by atoms with E-state index in [0.29, 0.717) is 6.61 Å². The van der Waals surface area contributed by atoms with E-state index in [0.717, 1.165) is 21.3 Å². The predicted molar refractivity (Wildman–Crippen MR) is 73.3 cm³/mol. The van der Waals surface area contributed by atoms with Crippen LogP contribution in [0.25, 0.3) is 0 Å². The molecule has 0 aliphatic heterocycles. The number of aliphatic hydroxyl groups is 1. The molecule has 1 aromatic heterocycles. The van der Waals surface area contributed by atoms with Crippen molar-refractivity contribution >= 4 is 15.9 Å². The number of aromatic nitrogens is 1. The molecule has 0 aliphatic carbocycles. The third-order valence-electron chi connectivity index (χ3n) is 2.53. The molecular weight excluding hydrogens is 294 g/mol. The molecule has 0 bridgehead atoms. The van der Waals surface area contributed by atoms with Crippen LogP contribution in [0, 0.1) is 0 Å². The highest BCUT2D eigenvalue weighted by atomic mass is 79.9. The van der Waals surface area contributed by atoms with Crippen LogP contribution in [0.2, 0.25) is 0 Å². The fourth-order valence-corrected chi connectivity index (χ4v) is 1.96. The Bertz CT molecular complexity index is 511. The number of aliphatic hydroxyl groups excluding tert-OH is 1. The largest absolute Gasteiger partial charge is 0.489 e. The van der Waals surface area contributed by atoms with E-state index in [1.165, 1.54) is 0 Å². The zero-order chi connectivity index (χ0) is 13.0. The van der Waals surface area contributed by atoms with E-state index in [-0.39, 0.29) is 0 Å². The number of rotatable bonds is 4. The molecule has 0 saturated heterocycles. The van der Waals surface area contributed by atoms with Crippen LogP contribution in [0.4, 0.5) is 0 Å². The molecule has 18 heavy (non-hydrogen) atoms. The van der Waals surface area contributed by atoms with Gasteiger partial charge in [-0.05, 0) is 46.6 Å². The van der Waals surface area contributed by atoms with Crippen LogP contribution in [0.15, 0.2) is 47.2 Å². The summed E-state index contributed by atoms with van der Waals surface area (Å²) in [6.45, 7) is 2.21. The van der Waals surface area contributed by atoms with Gasteiger partial charge in [-0.2, -0.15) is 0 Å². The van der Waals surface area contributed by atoms with Gasteiger partial charge in [-0.25, -0.2) is 0 Å². The van der Waals surface area contributed by atoms with Gasteiger partial charge in [0.2, 0.25) is 0 Å². The van der Waals surface area contributed by atoms with E-state index in [2.05, 4.69) is 20.9 Å². The summed E-state index contributed by atoms with van der Waals surface area (Å²) in [7, 11) is 0. The van der Waals surface area contributed by atoms with Crippen molar-refractivity contribution in [3.05, 3.63) is 58.3 Å². The van der Waals surface area contributed by atoms with Gasteiger partial charge in [0.15, 0.2) is 0 Å². The van der Waals surface area contributed by atoms with Crippen LogP contribution in [-0.2, 0) is 6.61 Å². The highest BCUT2D eigenvalue weighted by Crippen LogP contribution is 2.18. The molecule has 3 nitrogen and oxygen atoms in total. The van der Waals surface area contributed by atoms with Crippen LogP contribution < -0.4 is 4.74 Å². The Morgan fingerprint density at radius 3 is 2.61 bits per heavy atom. The number of nitrogens with zero attached hydrogens (tertiary/aromatic N) is 1. The Labute approximate surface area is 115 Å². The first-order valence-corrected chi connectivity index (χ1v) is 6.45. The fourth-order valence-electron chi connectivity index (χ4n) is 1.54. The lowest BCUT2D eigenvalue weighted by Gasteiger charge is -2.08. The Hall–Kier alpha value is -1.39. The summed E-state index contributed by atoms with van der Waals surface area (Å²) in [5.41, 5.74) is 1.88. The second-order valence-electron chi connectivity index (χ2n) is 4.05. The molecule has 2 aromatic rings. The van der Waals surface area contributed by atoms with Gasteiger partial charge in [0.25, 0.3) is 0 Å². The summed E-state index contributed by atoms with van der Waals surface area (Å²) in [5, 5.41) is 9.40. The molecule has 0 radical (unpaired) electrons. The average molecular weight is 308 g/mol. The maximum atomic E-state index is 9.40. The SMILES string of the molecule is C[C@H](O)c1ccc(OCc2cncc(Br)c2)cc1. The highest BCUT2D eigenvalue weighted by molar-refractivity contribution is 9.10. The minimum atomic E-state index is -0.451. The van der Waals surface area contributed by atoms with Crippen molar-refractivity contribution in [2.75, 3.05) is 0 Å². The summed E-state index contributed by atoms with van der Waals surface area (Å²) >= 11 is 3.37. The number of hydrogen-bond acceptors (Lipinski definition) is 3. The van der Waals surface area contributed by atoms with Gasteiger partial charge in [-0.1, -0.05) is 12.1 Å². The quantitative estimate of drug-likeness (QED) is 0.940. The summed E-state index contributed by atoms with van der Waals surface area (Å²) in [4.78, 5) is 4.07. The smallest absolute Gasteiger partial charge is 0.119 e.